The van der Waals surface area contributed by atoms with Crippen LogP contribution >= 0.6 is 23.8 Å². The maximum atomic E-state index is 12.6. The van der Waals surface area contributed by atoms with Crippen molar-refractivity contribution in [3.8, 4) is 0 Å². The van der Waals surface area contributed by atoms with E-state index in [0.29, 0.717) is 16.9 Å². The summed E-state index contributed by atoms with van der Waals surface area (Å²) in [6.45, 7) is 0. The fourth-order valence-corrected chi connectivity index (χ4v) is 2.15. The van der Waals surface area contributed by atoms with Gasteiger partial charge in [0.2, 0.25) is 0 Å². The van der Waals surface area contributed by atoms with Gasteiger partial charge in [0.05, 0.1) is 16.3 Å². The Hall–Kier alpha value is -1.79. The van der Waals surface area contributed by atoms with Gasteiger partial charge in [0.15, 0.2) is 0 Å². The quantitative estimate of drug-likeness (QED) is 0.798. The molecule has 7 heteroatoms. The maximum absolute atomic E-state index is 12.6. The monoisotopic (exact) mass is 330 g/mol. The number of anilines is 2. The van der Waals surface area contributed by atoms with Crippen LogP contribution in [0.1, 0.15) is 11.1 Å². The molecule has 0 unspecified atom stereocenters. The van der Waals surface area contributed by atoms with Crippen LogP contribution in [-0.2, 0) is 6.18 Å². The molecule has 0 saturated carbocycles. The summed E-state index contributed by atoms with van der Waals surface area (Å²) in [6.07, 6.45) is -4.43. The number of thiocarbonyl (C=S) groups is 1. The van der Waals surface area contributed by atoms with Crippen molar-refractivity contribution < 1.29 is 13.2 Å². The number of halogens is 4. The van der Waals surface area contributed by atoms with Gasteiger partial charge in [-0.15, -0.1) is 0 Å². The first-order chi connectivity index (χ1) is 9.79. The Kier molecular flexibility index (Phi) is 4.39. The van der Waals surface area contributed by atoms with Crippen molar-refractivity contribution >= 4 is 40.2 Å². The number of rotatable bonds is 3. The largest absolute Gasteiger partial charge is 0.416 e. The van der Waals surface area contributed by atoms with E-state index in [1.807, 2.05) is 0 Å². The van der Waals surface area contributed by atoms with Gasteiger partial charge < -0.3 is 11.1 Å². The summed E-state index contributed by atoms with van der Waals surface area (Å²) in [5.41, 5.74) is 6.30. The highest BCUT2D eigenvalue weighted by Crippen LogP contribution is 2.35. The Morgan fingerprint density at radius 3 is 2.33 bits per heavy atom. The molecule has 2 aromatic carbocycles. The molecule has 2 aromatic rings. The summed E-state index contributed by atoms with van der Waals surface area (Å²) in [7, 11) is 0. The summed E-state index contributed by atoms with van der Waals surface area (Å²) < 4.78 is 37.8. The van der Waals surface area contributed by atoms with Gasteiger partial charge in [-0.05, 0) is 30.3 Å². The molecule has 2 nitrogen and oxygen atoms in total. The lowest BCUT2D eigenvalue weighted by Crippen LogP contribution is -2.12. The van der Waals surface area contributed by atoms with Crippen LogP contribution < -0.4 is 11.1 Å². The molecule has 0 aliphatic heterocycles. The zero-order valence-corrected chi connectivity index (χ0v) is 12.1. The summed E-state index contributed by atoms with van der Waals surface area (Å²) in [5, 5.41) is 2.89. The zero-order chi connectivity index (χ0) is 15.6. The number of benzene rings is 2. The predicted molar refractivity (Wildman–Crippen MR) is 82.1 cm³/mol. The van der Waals surface area contributed by atoms with Crippen molar-refractivity contribution in [1.29, 1.82) is 0 Å². The zero-order valence-electron chi connectivity index (χ0n) is 10.5. The van der Waals surface area contributed by atoms with Crippen LogP contribution in [0.25, 0.3) is 0 Å². The van der Waals surface area contributed by atoms with Crippen molar-refractivity contribution in [1.82, 2.24) is 0 Å². The van der Waals surface area contributed by atoms with Gasteiger partial charge in [0, 0.05) is 11.3 Å². The number of nitrogens with two attached hydrogens (primary N) is 1. The number of alkyl halides is 3. The van der Waals surface area contributed by atoms with Crippen molar-refractivity contribution in [2.24, 2.45) is 5.73 Å². The van der Waals surface area contributed by atoms with E-state index in [9.17, 15) is 13.2 Å². The van der Waals surface area contributed by atoms with Crippen LogP contribution in [0, 0.1) is 0 Å². The average Bonchev–Trinajstić information content (AvgIpc) is 2.40. The molecule has 2 rings (SSSR count). The fourth-order valence-electron chi connectivity index (χ4n) is 1.74. The highest BCUT2D eigenvalue weighted by Gasteiger charge is 2.30. The van der Waals surface area contributed by atoms with Gasteiger partial charge in [0.25, 0.3) is 0 Å². The number of hydrogen-bond donors (Lipinski definition) is 2. The Morgan fingerprint density at radius 2 is 1.76 bits per heavy atom. The lowest BCUT2D eigenvalue weighted by atomic mass is 10.1. The van der Waals surface area contributed by atoms with E-state index in [1.165, 1.54) is 6.07 Å². The van der Waals surface area contributed by atoms with E-state index in [-0.39, 0.29) is 10.0 Å². The van der Waals surface area contributed by atoms with Gasteiger partial charge in [-0.3, -0.25) is 0 Å². The molecule has 0 aliphatic rings. The van der Waals surface area contributed by atoms with Crippen LogP contribution in [0.4, 0.5) is 24.5 Å². The Morgan fingerprint density at radius 1 is 1.10 bits per heavy atom. The van der Waals surface area contributed by atoms with Crippen molar-refractivity contribution in [2.75, 3.05) is 5.32 Å². The highest BCUT2D eigenvalue weighted by atomic mass is 35.5. The minimum atomic E-state index is -4.43. The third-order valence-corrected chi connectivity index (χ3v) is 3.29. The lowest BCUT2D eigenvalue weighted by Gasteiger charge is -2.14. The molecule has 0 amide bonds. The lowest BCUT2D eigenvalue weighted by molar-refractivity contribution is -0.137. The normalized spacial score (nSPS) is 11.2. The second kappa shape index (κ2) is 5.91. The molecule has 0 atom stereocenters. The van der Waals surface area contributed by atoms with Crippen molar-refractivity contribution in [3.05, 3.63) is 58.6 Å². The van der Waals surface area contributed by atoms with Crippen molar-refractivity contribution in [2.45, 2.75) is 6.18 Å². The first-order valence-corrected chi connectivity index (χ1v) is 6.60. The molecule has 0 fully saturated rings. The number of para-hydroxylation sites is 1. The standard InChI is InChI=1S/C14H10ClF3N2S/c15-10-7-8(14(16,17)18)5-6-12(10)20-11-4-2-1-3-9(11)13(19)21/h1-7,20H,(H2,19,21). The van der Waals surface area contributed by atoms with Gasteiger partial charge >= 0.3 is 6.18 Å². The Balaban J connectivity index is 2.35. The third kappa shape index (κ3) is 3.65. The van der Waals surface area contributed by atoms with Gasteiger partial charge in [-0.25, -0.2) is 0 Å². The fraction of sp³-hybridized carbons (Fsp3) is 0.0714. The van der Waals surface area contributed by atoms with Crippen molar-refractivity contribution in [3.63, 3.8) is 0 Å². The van der Waals surface area contributed by atoms with E-state index in [1.54, 1.807) is 24.3 Å². The Bertz CT molecular complexity index is 686. The molecular weight excluding hydrogens is 321 g/mol. The molecule has 110 valence electrons. The van der Waals surface area contributed by atoms with E-state index >= 15 is 0 Å². The summed E-state index contributed by atoms with van der Waals surface area (Å²) >= 11 is 10.8. The molecular formula is C14H10ClF3N2S. The van der Waals surface area contributed by atoms with Crippen LogP contribution in [-0.4, -0.2) is 4.99 Å². The molecule has 0 saturated heterocycles. The predicted octanol–water partition coefficient (Wildman–Crippen LogP) is 4.74. The topological polar surface area (TPSA) is 38.0 Å². The number of nitrogens with one attached hydrogen (secondary N) is 1. The van der Waals surface area contributed by atoms with E-state index in [2.05, 4.69) is 5.32 Å². The van der Waals surface area contributed by atoms with E-state index < -0.39 is 11.7 Å². The average molecular weight is 331 g/mol. The molecule has 0 radical (unpaired) electrons. The molecule has 0 bridgehead atoms. The molecule has 0 aromatic heterocycles. The van der Waals surface area contributed by atoms with Gasteiger partial charge in [-0.2, -0.15) is 13.2 Å². The molecule has 0 aliphatic carbocycles. The molecule has 0 spiro atoms. The van der Waals surface area contributed by atoms with Crippen LogP contribution in [0.3, 0.4) is 0 Å². The maximum Gasteiger partial charge on any atom is 0.416 e. The first-order valence-electron chi connectivity index (χ1n) is 5.81. The van der Waals surface area contributed by atoms with Crippen LogP contribution in [0.15, 0.2) is 42.5 Å². The van der Waals surface area contributed by atoms with Gasteiger partial charge in [-0.1, -0.05) is 36.0 Å². The highest BCUT2D eigenvalue weighted by molar-refractivity contribution is 7.80. The summed E-state index contributed by atoms with van der Waals surface area (Å²) in [4.78, 5) is 0.182. The van der Waals surface area contributed by atoms with E-state index in [0.717, 1.165) is 12.1 Å². The molecule has 3 N–H and O–H groups in total. The second-order valence-electron chi connectivity index (χ2n) is 4.23. The molecule has 0 heterocycles. The SMILES string of the molecule is NC(=S)c1ccccc1Nc1ccc(C(F)(F)F)cc1Cl. The number of hydrogen-bond acceptors (Lipinski definition) is 2. The van der Waals surface area contributed by atoms with Gasteiger partial charge in [0.1, 0.15) is 4.99 Å². The minimum Gasteiger partial charge on any atom is -0.389 e. The summed E-state index contributed by atoms with van der Waals surface area (Å²) in [6, 6.07) is 10.0. The smallest absolute Gasteiger partial charge is 0.389 e. The van der Waals surface area contributed by atoms with Crippen LogP contribution in [0.2, 0.25) is 5.02 Å². The summed E-state index contributed by atoms with van der Waals surface area (Å²) in [5.74, 6) is 0. The second-order valence-corrected chi connectivity index (χ2v) is 5.07. The third-order valence-electron chi connectivity index (χ3n) is 2.76. The minimum absolute atomic E-state index is 0.0393. The van der Waals surface area contributed by atoms with Crippen LogP contribution in [0.5, 0.6) is 0 Å². The first kappa shape index (κ1) is 15.6. The van der Waals surface area contributed by atoms with E-state index in [4.69, 9.17) is 29.6 Å². The Labute approximate surface area is 129 Å². The molecule has 21 heavy (non-hydrogen) atoms.